The van der Waals surface area contributed by atoms with Gasteiger partial charge in [-0.05, 0) is 17.1 Å². The molecule has 1 rings (SSSR count). The molecular weight excluding hydrogens is 288 g/mol. The average Bonchev–Trinajstić information content (AvgIpc) is 2.36. The van der Waals surface area contributed by atoms with E-state index in [4.69, 9.17) is 4.43 Å². The van der Waals surface area contributed by atoms with Crippen LogP contribution in [0.5, 0.6) is 5.75 Å². The summed E-state index contributed by atoms with van der Waals surface area (Å²) < 4.78 is 59.6. The second-order valence-electron chi connectivity index (χ2n) is 5.52. The predicted octanol–water partition coefficient (Wildman–Crippen LogP) is 5.41. The zero-order chi connectivity index (χ0) is 15.7. The fourth-order valence-electron chi connectivity index (χ4n) is 2.62. The normalized spacial score (nSPS) is 12.3. The SMILES string of the molecule is CC[Si](Oc1c(F)c(F)cc(F)c1F)(C(C)C)C(C)C. The highest BCUT2D eigenvalue weighted by Crippen LogP contribution is 2.39. The van der Waals surface area contributed by atoms with Crippen molar-refractivity contribution in [2.75, 3.05) is 0 Å². The molecule has 0 saturated heterocycles. The second-order valence-corrected chi connectivity index (χ2v) is 10.6. The van der Waals surface area contributed by atoms with E-state index in [2.05, 4.69) is 0 Å². The maximum Gasteiger partial charge on any atom is 0.256 e. The minimum absolute atomic E-state index is 0.0534. The van der Waals surface area contributed by atoms with Crippen LogP contribution in [0.4, 0.5) is 17.6 Å². The Hall–Kier alpha value is -1.04. The minimum atomic E-state index is -2.59. The summed E-state index contributed by atoms with van der Waals surface area (Å²) >= 11 is 0. The molecule has 1 nitrogen and oxygen atoms in total. The van der Waals surface area contributed by atoms with Crippen LogP contribution in [0.2, 0.25) is 17.1 Å². The fourth-order valence-corrected chi connectivity index (χ4v) is 6.76. The Labute approximate surface area is 118 Å². The van der Waals surface area contributed by atoms with Crippen LogP contribution in [0.15, 0.2) is 6.07 Å². The van der Waals surface area contributed by atoms with Crippen molar-refractivity contribution < 1.29 is 22.0 Å². The molecule has 0 atom stereocenters. The molecule has 0 N–H and O–H groups in total. The van der Waals surface area contributed by atoms with Crippen LogP contribution < -0.4 is 4.43 Å². The van der Waals surface area contributed by atoms with Crippen LogP contribution in [0.25, 0.3) is 0 Å². The van der Waals surface area contributed by atoms with Gasteiger partial charge in [-0.15, -0.1) is 0 Å². The summed E-state index contributed by atoms with van der Waals surface area (Å²) in [5.41, 5.74) is 0.107. The molecule has 0 aromatic heterocycles. The first-order valence-corrected chi connectivity index (χ1v) is 8.96. The molecule has 0 aliphatic rings. The van der Waals surface area contributed by atoms with E-state index in [9.17, 15) is 17.6 Å². The van der Waals surface area contributed by atoms with Crippen LogP contribution in [0, 0.1) is 23.3 Å². The largest absolute Gasteiger partial charge is 0.539 e. The average molecular weight is 308 g/mol. The Bertz CT molecular complexity index is 454. The molecule has 0 fully saturated rings. The third kappa shape index (κ3) is 2.84. The summed E-state index contributed by atoms with van der Waals surface area (Å²) in [5, 5.41) is 0. The van der Waals surface area contributed by atoms with Crippen molar-refractivity contribution in [2.45, 2.75) is 51.7 Å². The molecule has 1 aromatic rings. The van der Waals surface area contributed by atoms with Crippen LogP contribution in [-0.4, -0.2) is 8.32 Å². The van der Waals surface area contributed by atoms with E-state index in [1.165, 1.54) is 0 Å². The van der Waals surface area contributed by atoms with Crippen LogP contribution >= 0.6 is 0 Å². The lowest BCUT2D eigenvalue weighted by molar-refractivity contribution is 0.378. The molecule has 6 heteroatoms. The lowest BCUT2D eigenvalue weighted by atomic mass is 10.3. The van der Waals surface area contributed by atoms with Gasteiger partial charge in [0.1, 0.15) is 0 Å². The first kappa shape index (κ1) is 17.0. The molecule has 0 spiro atoms. The summed E-state index contributed by atoms with van der Waals surface area (Å²) in [4.78, 5) is 0. The summed E-state index contributed by atoms with van der Waals surface area (Å²) in [5.74, 6) is -6.72. The zero-order valence-electron chi connectivity index (χ0n) is 12.4. The van der Waals surface area contributed by atoms with Crippen molar-refractivity contribution >= 4 is 8.32 Å². The van der Waals surface area contributed by atoms with Gasteiger partial charge in [0.05, 0.1) is 0 Å². The van der Waals surface area contributed by atoms with E-state index in [1.54, 1.807) is 0 Å². The standard InChI is InChI=1S/C14H20F4OSi/c1-6-20(8(2)3,9(4)5)19-14-12(17)10(15)7-11(16)13(14)18/h7-9H,6H2,1-5H3. The summed E-state index contributed by atoms with van der Waals surface area (Å²) in [7, 11) is -2.59. The van der Waals surface area contributed by atoms with Gasteiger partial charge < -0.3 is 4.43 Å². The van der Waals surface area contributed by atoms with Crippen molar-refractivity contribution in [1.82, 2.24) is 0 Å². The lowest BCUT2D eigenvalue weighted by Gasteiger charge is -2.38. The number of rotatable bonds is 5. The quantitative estimate of drug-likeness (QED) is 0.401. The minimum Gasteiger partial charge on any atom is -0.539 e. The Morgan fingerprint density at radius 2 is 1.35 bits per heavy atom. The Morgan fingerprint density at radius 3 is 1.65 bits per heavy atom. The highest BCUT2D eigenvalue weighted by atomic mass is 28.4. The maximum atomic E-state index is 13.8. The second kappa shape index (κ2) is 6.16. The molecule has 0 saturated carbocycles. The third-order valence-corrected chi connectivity index (χ3v) is 9.47. The summed E-state index contributed by atoms with van der Waals surface area (Å²) in [6, 6.07) is 0.788. The lowest BCUT2D eigenvalue weighted by Crippen LogP contribution is -2.47. The van der Waals surface area contributed by atoms with Crippen molar-refractivity contribution in [2.24, 2.45) is 0 Å². The van der Waals surface area contributed by atoms with Gasteiger partial charge in [0.25, 0.3) is 8.32 Å². The van der Waals surface area contributed by atoms with E-state index < -0.39 is 37.3 Å². The van der Waals surface area contributed by atoms with Crippen molar-refractivity contribution in [3.05, 3.63) is 29.3 Å². The van der Waals surface area contributed by atoms with Gasteiger partial charge in [0.15, 0.2) is 17.4 Å². The predicted molar refractivity (Wildman–Crippen MR) is 73.3 cm³/mol. The summed E-state index contributed by atoms with van der Waals surface area (Å²) in [6.45, 7) is 9.49. The van der Waals surface area contributed by atoms with Crippen molar-refractivity contribution in [3.63, 3.8) is 0 Å². The molecule has 0 heterocycles. The van der Waals surface area contributed by atoms with Crippen LogP contribution in [0.1, 0.15) is 34.6 Å². The Balaban J connectivity index is 3.39. The first-order chi connectivity index (χ1) is 9.17. The van der Waals surface area contributed by atoms with Gasteiger partial charge >= 0.3 is 0 Å². The van der Waals surface area contributed by atoms with E-state index in [-0.39, 0.29) is 17.1 Å². The number of hydrogen-bond acceptors (Lipinski definition) is 1. The zero-order valence-corrected chi connectivity index (χ0v) is 13.4. The Morgan fingerprint density at radius 1 is 0.950 bits per heavy atom. The monoisotopic (exact) mass is 308 g/mol. The highest BCUT2D eigenvalue weighted by Gasteiger charge is 2.43. The van der Waals surface area contributed by atoms with Gasteiger partial charge in [0.2, 0.25) is 11.6 Å². The smallest absolute Gasteiger partial charge is 0.256 e. The molecule has 0 amide bonds. The van der Waals surface area contributed by atoms with Gasteiger partial charge in [0, 0.05) is 6.07 Å². The van der Waals surface area contributed by atoms with Crippen LogP contribution in [0.3, 0.4) is 0 Å². The van der Waals surface area contributed by atoms with E-state index in [1.807, 2.05) is 34.6 Å². The molecular formula is C14H20F4OSi. The Kier molecular flexibility index (Phi) is 5.24. The van der Waals surface area contributed by atoms with E-state index in [0.717, 1.165) is 0 Å². The molecule has 0 radical (unpaired) electrons. The number of halogens is 4. The van der Waals surface area contributed by atoms with Gasteiger partial charge in [-0.25, -0.2) is 8.78 Å². The molecule has 0 bridgehead atoms. The van der Waals surface area contributed by atoms with Crippen molar-refractivity contribution in [3.8, 4) is 5.75 Å². The molecule has 20 heavy (non-hydrogen) atoms. The van der Waals surface area contributed by atoms with Gasteiger partial charge in [-0.1, -0.05) is 34.6 Å². The number of benzene rings is 1. The molecule has 114 valence electrons. The molecule has 0 aliphatic carbocycles. The topological polar surface area (TPSA) is 9.23 Å². The fraction of sp³-hybridized carbons (Fsp3) is 0.571. The van der Waals surface area contributed by atoms with E-state index in [0.29, 0.717) is 6.04 Å². The third-order valence-electron chi connectivity index (χ3n) is 3.87. The highest BCUT2D eigenvalue weighted by molar-refractivity contribution is 6.77. The van der Waals surface area contributed by atoms with Crippen LogP contribution in [-0.2, 0) is 0 Å². The van der Waals surface area contributed by atoms with E-state index >= 15 is 0 Å². The van der Waals surface area contributed by atoms with Gasteiger partial charge in [-0.2, -0.15) is 8.78 Å². The first-order valence-electron chi connectivity index (χ1n) is 6.69. The summed E-state index contributed by atoms with van der Waals surface area (Å²) in [6.07, 6.45) is 0. The van der Waals surface area contributed by atoms with Gasteiger partial charge in [-0.3, -0.25) is 0 Å². The molecule has 0 unspecified atom stereocenters. The number of hydrogen-bond donors (Lipinski definition) is 0. The molecule has 0 aliphatic heterocycles. The van der Waals surface area contributed by atoms with Crippen molar-refractivity contribution in [1.29, 1.82) is 0 Å². The molecule has 1 aromatic carbocycles. The maximum absolute atomic E-state index is 13.8.